The van der Waals surface area contributed by atoms with Gasteiger partial charge in [0.15, 0.2) is 0 Å². The summed E-state index contributed by atoms with van der Waals surface area (Å²) in [5.41, 5.74) is 6.29. The molecule has 1 amide bonds. The number of hydrogen-bond donors (Lipinski definition) is 2. The van der Waals surface area contributed by atoms with Gasteiger partial charge in [-0.1, -0.05) is 0 Å². The highest BCUT2D eigenvalue weighted by molar-refractivity contribution is 7.12. The zero-order chi connectivity index (χ0) is 11.5. The van der Waals surface area contributed by atoms with Crippen molar-refractivity contribution in [3.05, 3.63) is 16.3 Å². The minimum Gasteiger partial charge on any atom is -0.397 e. The number of anilines is 1. The van der Waals surface area contributed by atoms with E-state index in [0.717, 1.165) is 25.9 Å². The number of carbonyl (C=O) groups excluding carboxylic acids is 1. The van der Waals surface area contributed by atoms with Gasteiger partial charge in [0, 0.05) is 12.6 Å². The van der Waals surface area contributed by atoms with Crippen LogP contribution < -0.4 is 11.1 Å². The molecule has 0 radical (unpaired) electrons. The third-order valence-corrected chi connectivity index (χ3v) is 3.79. The monoisotopic (exact) mass is 239 g/mol. The fourth-order valence-corrected chi connectivity index (χ4v) is 2.76. The molecule has 0 bridgehead atoms. The molecule has 0 aromatic carbocycles. The predicted molar refractivity (Wildman–Crippen MR) is 66.7 cm³/mol. The molecule has 4 nitrogen and oxygen atoms in total. The maximum Gasteiger partial charge on any atom is 0.263 e. The lowest BCUT2D eigenvalue weighted by Crippen LogP contribution is -2.46. The second-order valence-corrected chi connectivity index (χ2v) is 5.20. The van der Waals surface area contributed by atoms with Crippen molar-refractivity contribution in [1.29, 1.82) is 0 Å². The Morgan fingerprint density at radius 2 is 2.50 bits per heavy atom. The number of amides is 1. The molecule has 0 aliphatic carbocycles. The van der Waals surface area contributed by atoms with Crippen molar-refractivity contribution >= 4 is 22.9 Å². The number of thiophene rings is 1. The zero-order valence-corrected chi connectivity index (χ0v) is 10.2. The van der Waals surface area contributed by atoms with Crippen LogP contribution in [0.5, 0.6) is 0 Å². The van der Waals surface area contributed by atoms with Crippen LogP contribution in [0.3, 0.4) is 0 Å². The van der Waals surface area contributed by atoms with Crippen molar-refractivity contribution in [1.82, 2.24) is 10.2 Å². The standard InChI is InChI=1S/C11H17N3OS/c1-14-5-2-3-8(7-14)13-11(15)10-9(12)4-6-16-10/h4,6,8H,2-3,5,7,12H2,1H3,(H,13,15). The number of carbonyl (C=O) groups is 1. The Morgan fingerprint density at radius 1 is 1.69 bits per heavy atom. The number of nitrogen functional groups attached to an aromatic ring is 1. The second kappa shape index (κ2) is 4.84. The van der Waals surface area contributed by atoms with E-state index in [4.69, 9.17) is 5.73 Å². The number of likely N-dealkylation sites (N-methyl/N-ethyl adjacent to an activating group) is 1. The van der Waals surface area contributed by atoms with E-state index in [-0.39, 0.29) is 11.9 Å². The van der Waals surface area contributed by atoms with Gasteiger partial charge in [0.25, 0.3) is 5.91 Å². The summed E-state index contributed by atoms with van der Waals surface area (Å²) in [6.45, 7) is 2.05. The van der Waals surface area contributed by atoms with Crippen molar-refractivity contribution < 1.29 is 4.79 Å². The summed E-state index contributed by atoms with van der Waals surface area (Å²) in [7, 11) is 2.08. The van der Waals surface area contributed by atoms with Gasteiger partial charge in [-0.05, 0) is 37.9 Å². The Labute approximate surface area is 99.4 Å². The fraction of sp³-hybridized carbons (Fsp3) is 0.545. The molecule has 1 saturated heterocycles. The van der Waals surface area contributed by atoms with Crippen molar-refractivity contribution in [2.45, 2.75) is 18.9 Å². The molecule has 1 aromatic rings. The SMILES string of the molecule is CN1CCCC(NC(=O)c2sccc2N)C1. The second-order valence-electron chi connectivity index (χ2n) is 4.28. The smallest absolute Gasteiger partial charge is 0.263 e. The van der Waals surface area contributed by atoms with E-state index in [2.05, 4.69) is 17.3 Å². The molecule has 88 valence electrons. The van der Waals surface area contributed by atoms with Gasteiger partial charge in [-0.25, -0.2) is 0 Å². The third-order valence-electron chi connectivity index (χ3n) is 2.86. The summed E-state index contributed by atoms with van der Waals surface area (Å²) in [6, 6.07) is 2.03. The van der Waals surface area contributed by atoms with E-state index in [1.165, 1.54) is 11.3 Å². The van der Waals surface area contributed by atoms with Gasteiger partial charge in [0.1, 0.15) is 4.88 Å². The Hall–Kier alpha value is -1.07. The van der Waals surface area contributed by atoms with E-state index >= 15 is 0 Å². The molecule has 0 saturated carbocycles. The Kier molecular flexibility index (Phi) is 3.46. The molecule has 1 atom stereocenters. The lowest BCUT2D eigenvalue weighted by molar-refractivity contribution is 0.0917. The molecule has 0 spiro atoms. The molecule has 5 heteroatoms. The molecule has 1 aliphatic rings. The summed E-state index contributed by atoms with van der Waals surface area (Å²) in [5.74, 6) is -0.0344. The molecule has 2 heterocycles. The third kappa shape index (κ3) is 2.54. The van der Waals surface area contributed by atoms with Crippen LogP contribution in [0.25, 0.3) is 0 Å². The summed E-state index contributed by atoms with van der Waals surface area (Å²) in [4.78, 5) is 14.8. The highest BCUT2D eigenvalue weighted by Crippen LogP contribution is 2.19. The van der Waals surface area contributed by atoms with Crippen molar-refractivity contribution in [3.63, 3.8) is 0 Å². The number of nitrogens with two attached hydrogens (primary N) is 1. The Balaban J connectivity index is 1.95. The number of nitrogens with zero attached hydrogens (tertiary/aromatic N) is 1. The van der Waals surface area contributed by atoms with Crippen LogP contribution in [0.15, 0.2) is 11.4 Å². The van der Waals surface area contributed by atoms with Crippen LogP contribution in [0.1, 0.15) is 22.5 Å². The topological polar surface area (TPSA) is 58.4 Å². The van der Waals surface area contributed by atoms with Crippen molar-refractivity contribution in [3.8, 4) is 0 Å². The van der Waals surface area contributed by atoms with Crippen LogP contribution in [0, 0.1) is 0 Å². The van der Waals surface area contributed by atoms with Gasteiger partial charge < -0.3 is 16.0 Å². The summed E-state index contributed by atoms with van der Waals surface area (Å²) >= 11 is 1.40. The predicted octanol–water partition coefficient (Wildman–Crippen LogP) is 1.15. The molecule has 2 rings (SSSR count). The quantitative estimate of drug-likeness (QED) is 0.814. The summed E-state index contributed by atoms with van der Waals surface area (Å²) in [5, 5.41) is 4.89. The molecule has 1 fully saturated rings. The average Bonchev–Trinajstić information content (AvgIpc) is 2.64. The molecule has 16 heavy (non-hydrogen) atoms. The minimum atomic E-state index is -0.0344. The highest BCUT2D eigenvalue weighted by Gasteiger charge is 2.20. The number of nitrogens with one attached hydrogen (secondary N) is 1. The van der Waals surface area contributed by atoms with E-state index in [0.29, 0.717) is 10.6 Å². The molecule has 1 unspecified atom stereocenters. The van der Waals surface area contributed by atoms with Gasteiger partial charge in [0.05, 0.1) is 5.69 Å². The lowest BCUT2D eigenvalue weighted by atomic mass is 10.1. The Morgan fingerprint density at radius 3 is 3.12 bits per heavy atom. The van der Waals surface area contributed by atoms with Gasteiger partial charge >= 0.3 is 0 Å². The highest BCUT2D eigenvalue weighted by atomic mass is 32.1. The summed E-state index contributed by atoms with van der Waals surface area (Å²) in [6.07, 6.45) is 2.20. The van der Waals surface area contributed by atoms with Gasteiger partial charge in [-0.3, -0.25) is 4.79 Å². The first-order valence-electron chi connectivity index (χ1n) is 5.49. The van der Waals surface area contributed by atoms with Gasteiger partial charge in [-0.15, -0.1) is 11.3 Å². The van der Waals surface area contributed by atoms with E-state index in [9.17, 15) is 4.79 Å². The van der Waals surface area contributed by atoms with Crippen LogP contribution in [-0.4, -0.2) is 37.0 Å². The van der Waals surface area contributed by atoms with E-state index in [1.807, 2.05) is 5.38 Å². The normalized spacial score (nSPS) is 21.9. The van der Waals surface area contributed by atoms with Crippen molar-refractivity contribution in [2.75, 3.05) is 25.9 Å². The minimum absolute atomic E-state index is 0.0344. The van der Waals surface area contributed by atoms with Crippen LogP contribution in [-0.2, 0) is 0 Å². The average molecular weight is 239 g/mol. The maximum absolute atomic E-state index is 11.9. The number of hydrogen-bond acceptors (Lipinski definition) is 4. The first-order chi connectivity index (χ1) is 7.66. The van der Waals surface area contributed by atoms with Crippen LogP contribution in [0.4, 0.5) is 5.69 Å². The summed E-state index contributed by atoms with van der Waals surface area (Å²) < 4.78 is 0. The van der Waals surface area contributed by atoms with Crippen LogP contribution >= 0.6 is 11.3 Å². The zero-order valence-electron chi connectivity index (χ0n) is 9.40. The largest absolute Gasteiger partial charge is 0.397 e. The number of piperidine rings is 1. The molecular weight excluding hydrogens is 222 g/mol. The molecule has 1 aliphatic heterocycles. The van der Waals surface area contributed by atoms with Crippen molar-refractivity contribution in [2.24, 2.45) is 0 Å². The lowest BCUT2D eigenvalue weighted by Gasteiger charge is -2.30. The maximum atomic E-state index is 11.9. The first kappa shape index (κ1) is 11.4. The van der Waals surface area contributed by atoms with Gasteiger partial charge in [-0.2, -0.15) is 0 Å². The molecule has 1 aromatic heterocycles. The van der Waals surface area contributed by atoms with E-state index in [1.54, 1.807) is 6.07 Å². The first-order valence-corrected chi connectivity index (χ1v) is 6.37. The molecular formula is C11H17N3OS. The Bertz CT molecular complexity index is 377. The van der Waals surface area contributed by atoms with Crippen LogP contribution in [0.2, 0.25) is 0 Å². The van der Waals surface area contributed by atoms with Gasteiger partial charge in [0.2, 0.25) is 0 Å². The van der Waals surface area contributed by atoms with E-state index < -0.39 is 0 Å². The molecule has 3 N–H and O–H groups in total. The number of likely N-dealkylation sites (tertiary alicyclic amines) is 1. The number of rotatable bonds is 2. The fourth-order valence-electron chi connectivity index (χ4n) is 2.04.